The lowest BCUT2D eigenvalue weighted by molar-refractivity contribution is -0.129. The van der Waals surface area contributed by atoms with Gasteiger partial charge in [0.05, 0.1) is 27.5 Å². The van der Waals surface area contributed by atoms with E-state index in [9.17, 15) is 4.79 Å². The fourth-order valence-corrected chi connectivity index (χ4v) is 6.29. The molecule has 4 bridgehead atoms. The highest BCUT2D eigenvalue weighted by atomic mass is 16.5. The molecular weight excluding hydrogens is 356 g/mol. The molecule has 1 amide bonds. The monoisotopic (exact) mass is 386 g/mol. The van der Waals surface area contributed by atoms with Crippen molar-refractivity contribution in [1.82, 2.24) is 5.43 Å². The Kier molecular flexibility index (Phi) is 5.21. The lowest BCUT2D eigenvalue weighted by Gasteiger charge is -2.56. The van der Waals surface area contributed by atoms with E-state index in [2.05, 4.69) is 10.5 Å². The SMILES string of the molecule is COc1ccc(/C=N\NC(=O)CC23CC4CC(CC(C4)C2)C3)c(OC)c1OC. The van der Waals surface area contributed by atoms with Crippen molar-refractivity contribution in [1.29, 1.82) is 0 Å². The zero-order valence-electron chi connectivity index (χ0n) is 17.0. The standard InChI is InChI=1S/C22H30N2O4/c1-26-18-5-4-17(20(27-2)21(18)28-3)13-23-24-19(25)12-22-9-14-6-15(10-22)8-16(7-14)11-22/h4-5,13-16H,6-12H2,1-3H3,(H,24,25)/b23-13-. The first kappa shape index (κ1) is 19.1. The Morgan fingerprint density at radius 1 is 1.04 bits per heavy atom. The topological polar surface area (TPSA) is 69.2 Å². The van der Waals surface area contributed by atoms with E-state index in [0.29, 0.717) is 23.7 Å². The average molecular weight is 386 g/mol. The molecule has 0 unspecified atom stereocenters. The van der Waals surface area contributed by atoms with Gasteiger partial charge in [0.2, 0.25) is 11.7 Å². The Hall–Kier alpha value is -2.24. The highest BCUT2D eigenvalue weighted by Crippen LogP contribution is 2.61. The van der Waals surface area contributed by atoms with Gasteiger partial charge in [0.15, 0.2) is 11.5 Å². The molecule has 0 atom stereocenters. The molecule has 0 heterocycles. The molecule has 5 rings (SSSR count). The Bertz CT molecular complexity index is 739. The molecule has 1 aromatic carbocycles. The first-order valence-corrected chi connectivity index (χ1v) is 10.2. The van der Waals surface area contributed by atoms with Crippen LogP contribution in [0.4, 0.5) is 0 Å². The number of ether oxygens (including phenoxy) is 3. The smallest absolute Gasteiger partial charge is 0.240 e. The molecule has 152 valence electrons. The molecule has 28 heavy (non-hydrogen) atoms. The molecular formula is C22H30N2O4. The predicted octanol–water partition coefficient (Wildman–Crippen LogP) is 3.77. The Morgan fingerprint density at radius 3 is 2.18 bits per heavy atom. The molecule has 4 saturated carbocycles. The second-order valence-electron chi connectivity index (χ2n) is 8.81. The van der Waals surface area contributed by atoms with E-state index in [0.717, 1.165) is 23.3 Å². The molecule has 0 aromatic heterocycles. The summed E-state index contributed by atoms with van der Waals surface area (Å²) in [5.41, 5.74) is 3.66. The van der Waals surface area contributed by atoms with Crippen LogP contribution in [0.15, 0.2) is 17.2 Å². The van der Waals surface area contributed by atoms with Gasteiger partial charge in [-0.25, -0.2) is 5.43 Å². The molecule has 4 aliphatic rings. The van der Waals surface area contributed by atoms with E-state index >= 15 is 0 Å². The lowest BCUT2D eigenvalue weighted by Crippen LogP contribution is -2.47. The zero-order chi connectivity index (χ0) is 19.7. The number of nitrogens with one attached hydrogen (secondary N) is 1. The Balaban J connectivity index is 1.41. The summed E-state index contributed by atoms with van der Waals surface area (Å²) in [6, 6.07) is 3.62. The summed E-state index contributed by atoms with van der Waals surface area (Å²) in [7, 11) is 4.71. The third-order valence-corrected chi connectivity index (χ3v) is 6.83. The molecule has 0 aliphatic heterocycles. The van der Waals surface area contributed by atoms with Crippen LogP contribution in [-0.2, 0) is 4.79 Å². The Morgan fingerprint density at radius 2 is 1.64 bits per heavy atom. The van der Waals surface area contributed by atoms with Gasteiger partial charge in [-0.1, -0.05) is 0 Å². The van der Waals surface area contributed by atoms with Crippen LogP contribution in [0.3, 0.4) is 0 Å². The Labute approximate surface area is 166 Å². The van der Waals surface area contributed by atoms with Crippen molar-refractivity contribution in [2.75, 3.05) is 21.3 Å². The van der Waals surface area contributed by atoms with Crippen LogP contribution in [-0.4, -0.2) is 33.5 Å². The third kappa shape index (κ3) is 3.56. The number of hydrazone groups is 1. The molecule has 1 aromatic rings. The van der Waals surface area contributed by atoms with Crippen LogP contribution >= 0.6 is 0 Å². The normalized spacial score (nSPS) is 30.5. The van der Waals surface area contributed by atoms with Gasteiger partial charge in [-0.15, -0.1) is 0 Å². The number of carbonyl (C=O) groups is 1. The summed E-state index contributed by atoms with van der Waals surface area (Å²) in [5.74, 6) is 4.17. The van der Waals surface area contributed by atoms with Crippen LogP contribution in [0.2, 0.25) is 0 Å². The fourth-order valence-electron chi connectivity index (χ4n) is 6.29. The van der Waals surface area contributed by atoms with E-state index in [1.807, 2.05) is 6.07 Å². The van der Waals surface area contributed by atoms with Gasteiger partial charge < -0.3 is 14.2 Å². The summed E-state index contributed by atoms with van der Waals surface area (Å²) in [6.07, 6.45) is 10.0. The van der Waals surface area contributed by atoms with Crippen molar-refractivity contribution < 1.29 is 19.0 Å². The van der Waals surface area contributed by atoms with Crippen LogP contribution in [0, 0.1) is 23.2 Å². The van der Waals surface area contributed by atoms with E-state index in [-0.39, 0.29) is 11.3 Å². The minimum Gasteiger partial charge on any atom is -0.493 e. The largest absolute Gasteiger partial charge is 0.493 e. The molecule has 4 fully saturated rings. The lowest BCUT2D eigenvalue weighted by atomic mass is 9.49. The molecule has 4 aliphatic carbocycles. The number of methoxy groups -OCH3 is 3. The van der Waals surface area contributed by atoms with Crippen molar-refractivity contribution in [2.24, 2.45) is 28.3 Å². The van der Waals surface area contributed by atoms with Crippen molar-refractivity contribution in [3.05, 3.63) is 17.7 Å². The number of rotatable bonds is 7. The predicted molar refractivity (Wildman–Crippen MR) is 107 cm³/mol. The molecule has 0 spiro atoms. The second-order valence-corrected chi connectivity index (χ2v) is 8.81. The maximum Gasteiger partial charge on any atom is 0.240 e. The van der Waals surface area contributed by atoms with Crippen LogP contribution in [0.25, 0.3) is 0 Å². The third-order valence-electron chi connectivity index (χ3n) is 6.83. The number of hydrogen-bond acceptors (Lipinski definition) is 5. The maximum atomic E-state index is 12.6. The fraction of sp³-hybridized carbons (Fsp3) is 0.636. The zero-order valence-corrected chi connectivity index (χ0v) is 17.0. The minimum absolute atomic E-state index is 0.0117. The first-order valence-electron chi connectivity index (χ1n) is 10.2. The number of nitrogens with zero attached hydrogens (tertiary/aromatic N) is 1. The molecule has 0 saturated heterocycles. The van der Waals surface area contributed by atoms with Gasteiger partial charge in [-0.2, -0.15) is 5.10 Å². The van der Waals surface area contributed by atoms with E-state index < -0.39 is 0 Å². The molecule has 1 N–H and O–H groups in total. The summed E-state index contributed by atoms with van der Waals surface area (Å²) in [6.45, 7) is 0. The van der Waals surface area contributed by atoms with Crippen LogP contribution in [0.5, 0.6) is 17.2 Å². The van der Waals surface area contributed by atoms with Gasteiger partial charge in [0, 0.05) is 12.0 Å². The molecule has 6 heteroatoms. The van der Waals surface area contributed by atoms with E-state index in [1.165, 1.54) is 38.5 Å². The van der Waals surface area contributed by atoms with Gasteiger partial charge in [-0.3, -0.25) is 4.79 Å². The second kappa shape index (κ2) is 7.64. The van der Waals surface area contributed by atoms with Gasteiger partial charge in [0.1, 0.15) is 0 Å². The van der Waals surface area contributed by atoms with E-state index in [4.69, 9.17) is 14.2 Å². The van der Waals surface area contributed by atoms with Crippen LogP contribution < -0.4 is 19.6 Å². The first-order chi connectivity index (χ1) is 13.6. The van der Waals surface area contributed by atoms with Crippen LogP contribution in [0.1, 0.15) is 50.5 Å². The van der Waals surface area contributed by atoms with Gasteiger partial charge in [-0.05, 0) is 73.8 Å². The number of benzene rings is 1. The van der Waals surface area contributed by atoms with Crippen molar-refractivity contribution in [2.45, 2.75) is 44.9 Å². The van der Waals surface area contributed by atoms with Crippen molar-refractivity contribution in [3.8, 4) is 17.2 Å². The van der Waals surface area contributed by atoms with E-state index in [1.54, 1.807) is 33.6 Å². The minimum atomic E-state index is 0.0117. The quantitative estimate of drug-likeness (QED) is 0.572. The summed E-state index contributed by atoms with van der Waals surface area (Å²) < 4.78 is 16.1. The van der Waals surface area contributed by atoms with Gasteiger partial charge >= 0.3 is 0 Å². The average Bonchev–Trinajstić information content (AvgIpc) is 2.65. The van der Waals surface area contributed by atoms with Crippen molar-refractivity contribution >= 4 is 12.1 Å². The molecule has 0 radical (unpaired) electrons. The summed E-state index contributed by atoms with van der Waals surface area (Å²) >= 11 is 0. The summed E-state index contributed by atoms with van der Waals surface area (Å²) in [5, 5.41) is 4.18. The van der Waals surface area contributed by atoms with Crippen molar-refractivity contribution in [3.63, 3.8) is 0 Å². The number of amides is 1. The summed E-state index contributed by atoms with van der Waals surface area (Å²) in [4.78, 5) is 12.6. The maximum absolute atomic E-state index is 12.6. The molecule has 6 nitrogen and oxygen atoms in total. The van der Waals surface area contributed by atoms with Gasteiger partial charge in [0.25, 0.3) is 0 Å². The number of carbonyl (C=O) groups excluding carboxylic acids is 1. The highest BCUT2D eigenvalue weighted by molar-refractivity contribution is 5.87. The number of hydrogen-bond donors (Lipinski definition) is 1. The highest BCUT2D eigenvalue weighted by Gasteiger charge is 2.51.